The van der Waals surface area contributed by atoms with Crippen molar-refractivity contribution in [2.75, 3.05) is 39.4 Å². The molecular weight excluding hydrogens is 372 g/mol. The van der Waals surface area contributed by atoms with Crippen LogP contribution in [-0.2, 0) is 9.59 Å². The molecule has 1 aliphatic heterocycles. The van der Waals surface area contributed by atoms with Crippen molar-refractivity contribution in [1.82, 2.24) is 9.80 Å². The van der Waals surface area contributed by atoms with E-state index in [1.165, 1.54) is 12.1 Å². The third kappa shape index (κ3) is 6.41. The number of carbonyl (C=O) groups excluding carboxylic acids is 2. The predicted molar refractivity (Wildman–Crippen MR) is 108 cm³/mol. The van der Waals surface area contributed by atoms with Crippen LogP contribution in [0.4, 0.5) is 0 Å². The smallest absolute Gasteiger partial charge is 0.226 e. The number of carbonyl (C=O) groups is 2. The predicted octanol–water partition coefficient (Wildman–Crippen LogP) is 2.30. The van der Waals surface area contributed by atoms with Crippen molar-refractivity contribution < 1.29 is 24.2 Å². The van der Waals surface area contributed by atoms with E-state index < -0.39 is 0 Å². The molecule has 0 unspecified atom stereocenters. The molecule has 7 nitrogen and oxygen atoms in total. The van der Waals surface area contributed by atoms with Gasteiger partial charge in [-0.05, 0) is 36.4 Å². The lowest BCUT2D eigenvalue weighted by Gasteiger charge is -2.34. The summed E-state index contributed by atoms with van der Waals surface area (Å²) in [6, 6.07) is 15.8. The minimum atomic E-state index is 0.0169. The first kappa shape index (κ1) is 20.5. The molecular formula is C22H26N2O5. The van der Waals surface area contributed by atoms with Crippen molar-refractivity contribution in [3.63, 3.8) is 0 Å². The Morgan fingerprint density at radius 1 is 0.724 bits per heavy atom. The molecule has 0 aliphatic carbocycles. The van der Waals surface area contributed by atoms with Crippen molar-refractivity contribution in [2.24, 2.45) is 0 Å². The second-order valence-corrected chi connectivity index (χ2v) is 6.77. The summed E-state index contributed by atoms with van der Waals surface area (Å²) >= 11 is 0. The van der Waals surface area contributed by atoms with Crippen LogP contribution in [0.2, 0.25) is 0 Å². The molecule has 0 aromatic heterocycles. The van der Waals surface area contributed by atoms with Crippen LogP contribution in [-0.4, -0.2) is 66.1 Å². The van der Waals surface area contributed by atoms with Gasteiger partial charge in [-0.1, -0.05) is 18.2 Å². The SMILES string of the molecule is O=C(CCOc1ccccc1)N1CCN(C(=O)CCOc2ccc(O)cc2)CC1. The van der Waals surface area contributed by atoms with Gasteiger partial charge in [0.25, 0.3) is 0 Å². The number of phenolic OH excluding ortho intramolecular Hbond substituents is 1. The van der Waals surface area contributed by atoms with Crippen LogP contribution in [0.15, 0.2) is 54.6 Å². The molecule has 29 heavy (non-hydrogen) atoms. The van der Waals surface area contributed by atoms with Gasteiger partial charge in [-0.3, -0.25) is 9.59 Å². The fourth-order valence-corrected chi connectivity index (χ4v) is 3.09. The number of hydrogen-bond acceptors (Lipinski definition) is 5. The molecule has 1 saturated heterocycles. The van der Waals surface area contributed by atoms with Crippen LogP contribution in [0.25, 0.3) is 0 Å². The number of para-hydroxylation sites is 1. The number of hydrogen-bond donors (Lipinski definition) is 1. The van der Waals surface area contributed by atoms with Gasteiger partial charge in [0.05, 0.1) is 26.1 Å². The van der Waals surface area contributed by atoms with Gasteiger partial charge in [0.1, 0.15) is 17.2 Å². The fraction of sp³-hybridized carbons (Fsp3) is 0.364. The first-order valence-electron chi connectivity index (χ1n) is 9.77. The molecule has 7 heteroatoms. The molecule has 1 N–H and O–H groups in total. The van der Waals surface area contributed by atoms with Gasteiger partial charge in [0.15, 0.2) is 0 Å². The Morgan fingerprint density at radius 3 is 1.66 bits per heavy atom. The van der Waals surface area contributed by atoms with Crippen molar-refractivity contribution in [2.45, 2.75) is 12.8 Å². The highest BCUT2D eigenvalue weighted by Gasteiger charge is 2.23. The highest BCUT2D eigenvalue weighted by molar-refractivity contribution is 5.78. The summed E-state index contributed by atoms with van der Waals surface area (Å²) in [7, 11) is 0. The number of amides is 2. The molecule has 1 aliphatic rings. The van der Waals surface area contributed by atoms with E-state index in [4.69, 9.17) is 9.47 Å². The zero-order valence-electron chi connectivity index (χ0n) is 16.3. The highest BCUT2D eigenvalue weighted by Crippen LogP contribution is 2.16. The summed E-state index contributed by atoms with van der Waals surface area (Å²) in [6.45, 7) is 2.76. The first-order chi connectivity index (χ1) is 14.1. The number of aromatic hydroxyl groups is 1. The van der Waals surface area contributed by atoms with Gasteiger partial charge in [-0.25, -0.2) is 0 Å². The summed E-state index contributed by atoms with van der Waals surface area (Å²) in [5.41, 5.74) is 0. The van der Waals surface area contributed by atoms with Crippen LogP contribution in [0, 0.1) is 0 Å². The molecule has 0 saturated carbocycles. The van der Waals surface area contributed by atoms with Gasteiger partial charge in [0.2, 0.25) is 11.8 Å². The molecule has 2 amide bonds. The third-order valence-corrected chi connectivity index (χ3v) is 4.73. The largest absolute Gasteiger partial charge is 0.508 e. The minimum absolute atomic E-state index is 0.0169. The Hall–Kier alpha value is -3.22. The molecule has 2 aromatic rings. The standard InChI is InChI=1S/C22H26N2O5/c25-18-6-8-20(9-7-18)29-17-11-22(27)24-14-12-23(13-15-24)21(26)10-16-28-19-4-2-1-3-5-19/h1-9,25H,10-17H2. The monoisotopic (exact) mass is 398 g/mol. The molecule has 1 heterocycles. The van der Waals surface area contributed by atoms with Gasteiger partial charge < -0.3 is 24.4 Å². The quantitative estimate of drug-likeness (QED) is 0.738. The van der Waals surface area contributed by atoms with Crippen LogP contribution in [0.5, 0.6) is 17.2 Å². The van der Waals surface area contributed by atoms with Crippen LogP contribution >= 0.6 is 0 Å². The maximum absolute atomic E-state index is 12.3. The van der Waals surface area contributed by atoms with E-state index in [-0.39, 0.29) is 30.6 Å². The summed E-state index contributed by atoms with van der Waals surface area (Å²) in [5.74, 6) is 1.61. The zero-order chi connectivity index (χ0) is 20.5. The maximum Gasteiger partial charge on any atom is 0.226 e. The topological polar surface area (TPSA) is 79.3 Å². The van der Waals surface area contributed by atoms with Gasteiger partial charge >= 0.3 is 0 Å². The fourth-order valence-electron chi connectivity index (χ4n) is 3.09. The zero-order valence-corrected chi connectivity index (χ0v) is 16.3. The van der Waals surface area contributed by atoms with Crippen molar-refractivity contribution >= 4 is 11.8 Å². The van der Waals surface area contributed by atoms with Crippen LogP contribution < -0.4 is 9.47 Å². The first-order valence-corrected chi connectivity index (χ1v) is 9.77. The molecule has 154 valence electrons. The summed E-state index contributed by atoms with van der Waals surface area (Å²) in [4.78, 5) is 28.2. The van der Waals surface area contributed by atoms with Crippen molar-refractivity contribution in [3.05, 3.63) is 54.6 Å². The second kappa shape index (κ2) is 10.4. The van der Waals surface area contributed by atoms with E-state index in [0.29, 0.717) is 45.0 Å². The summed E-state index contributed by atoms with van der Waals surface area (Å²) < 4.78 is 11.1. The van der Waals surface area contributed by atoms with Gasteiger partial charge in [0, 0.05) is 26.2 Å². The van der Waals surface area contributed by atoms with E-state index >= 15 is 0 Å². The molecule has 3 rings (SSSR count). The Balaban J connectivity index is 1.32. The molecule has 0 spiro atoms. The number of benzene rings is 2. The molecule has 1 fully saturated rings. The van der Waals surface area contributed by atoms with E-state index in [2.05, 4.69) is 0 Å². The second-order valence-electron chi connectivity index (χ2n) is 6.77. The van der Waals surface area contributed by atoms with Crippen molar-refractivity contribution in [1.29, 1.82) is 0 Å². The molecule has 0 atom stereocenters. The van der Waals surface area contributed by atoms with Crippen molar-refractivity contribution in [3.8, 4) is 17.2 Å². The third-order valence-electron chi connectivity index (χ3n) is 4.73. The maximum atomic E-state index is 12.3. The Morgan fingerprint density at radius 2 is 1.17 bits per heavy atom. The molecule has 2 aromatic carbocycles. The Kier molecular flexibility index (Phi) is 7.33. The molecule has 0 radical (unpaired) electrons. The molecule has 0 bridgehead atoms. The number of phenols is 1. The van der Waals surface area contributed by atoms with E-state index in [0.717, 1.165) is 5.75 Å². The number of nitrogens with zero attached hydrogens (tertiary/aromatic N) is 2. The van der Waals surface area contributed by atoms with Gasteiger partial charge in [-0.15, -0.1) is 0 Å². The average Bonchev–Trinajstić information content (AvgIpc) is 2.76. The van der Waals surface area contributed by atoms with Gasteiger partial charge in [-0.2, -0.15) is 0 Å². The normalized spacial score (nSPS) is 13.8. The lowest BCUT2D eigenvalue weighted by Crippen LogP contribution is -2.51. The van der Waals surface area contributed by atoms with E-state index in [1.807, 2.05) is 30.3 Å². The van der Waals surface area contributed by atoms with E-state index in [1.54, 1.807) is 21.9 Å². The Bertz CT molecular complexity index is 787. The summed E-state index contributed by atoms with van der Waals surface area (Å²) in [5, 5.41) is 9.25. The summed E-state index contributed by atoms with van der Waals surface area (Å²) in [6.07, 6.45) is 0.600. The van der Waals surface area contributed by atoms with Crippen LogP contribution in [0.3, 0.4) is 0 Å². The lowest BCUT2D eigenvalue weighted by molar-refractivity contribution is -0.140. The number of ether oxygens (including phenoxy) is 2. The lowest BCUT2D eigenvalue weighted by atomic mass is 10.2. The minimum Gasteiger partial charge on any atom is -0.508 e. The number of rotatable bonds is 8. The average molecular weight is 398 g/mol. The Labute approximate surface area is 170 Å². The van der Waals surface area contributed by atoms with Crippen LogP contribution in [0.1, 0.15) is 12.8 Å². The highest BCUT2D eigenvalue weighted by atomic mass is 16.5. The van der Waals surface area contributed by atoms with E-state index in [9.17, 15) is 14.7 Å². The number of piperazine rings is 1.